The van der Waals surface area contributed by atoms with Gasteiger partial charge in [0.1, 0.15) is 5.76 Å². The zero-order chi connectivity index (χ0) is 24.6. The molecule has 1 amide bonds. The van der Waals surface area contributed by atoms with E-state index in [1.54, 1.807) is 16.7 Å². The molecule has 1 aliphatic rings. The second-order valence-corrected chi connectivity index (χ2v) is 9.24. The molecule has 0 N–H and O–H groups in total. The maximum absolute atomic E-state index is 12.2. The second-order valence-electron chi connectivity index (χ2n) is 8.39. The summed E-state index contributed by atoms with van der Waals surface area (Å²) in [6.07, 6.45) is 18.0. The van der Waals surface area contributed by atoms with Crippen molar-refractivity contribution in [3.05, 3.63) is 59.2 Å². The molecular weight excluding hydrogens is 430 g/mol. The number of nitrogens with zero attached hydrogens (tertiary/aromatic N) is 3. The normalized spacial score (nSPS) is 16.1. The number of piperazine rings is 1. The van der Waals surface area contributed by atoms with Crippen LogP contribution in [0.4, 0.5) is 0 Å². The lowest BCUT2D eigenvalue weighted by molar-refractivity contribution is -0.133. The Morgan fingerprint density at radius 1 is 1.18 bits per heavy atom. The van der Waals surface area contributed by atoms with Gasteiger partial charge in [-0.05, 0) is 44.6 Å². The standard InChI is InChI=1S/C27H45N3O2S/c1-8-11-14-15-24(5)32-25(21-29(16-12-9-2)17-13-10-3)26(33-7)20-23(4)30-19-18-28(6)27(31)22-30/h11,14-15,20-21H,4,8-10,12-13,16-19,22H2,1-3,5-7H3/b14-11-,24-15+,25-21-,26-20+. The minimum Gasteiger partial charge on any atom is -0.459 e. The summed E-state index contributed by atoms with van der Waals surface area (Å²) in [5.41, 5.74) is 0.844. The van der Waals surface area contributed by atoms with Crippen LogP contribution in [0.15, 0.2) is 59.2 Å². The predicted octanol–water partition coefficient (Wildman–Crippen LogP) is 6.15. The smallest absolute Gasteiger partial charge is 0.241 e. The van der Waals surface area contributed by atoms with Gasteiger partial charge in [-0.25, -0.2) is 0 Å². The molecule has 1 heterocycles. The number of carbonyl (C=O) groups excluding carboxylic acids is 1. The van der Waals surface area contributed by atoms with E-state index in [0.29, 0.717) is 13.1 Å². The Morgan fingerprint density at radius 2 is 1.85 bits per heavy atom. The van der Waals surface area contributed by atoms with E-state index in [2.05, 4.69) is 61.8 Å². The van der Waals surface area contributed by atoms with E-state index < -0.39 is 0 Å². The molecule has 0 aromatic carbocycles. The largest absolute Gasteiger partial charge is 0.459 e. The van der Waals surface area contributed by atoms with Crippen LogP contribution in [-0.2, 0) is 9.53 Å². The highest BCUT2D eigenvalue weighted by Crippen LogP contribution is 2.28. The van der Waals surface area contributed by atoms with Gasteiger partial charge in [-0.3, -0.25) is 4.79 Å². The first-order valence-electron chi connectivity index (χ1n) is 12.3. The summed E-state index contributed by atoms with van der Waals surface area (Å²) in [5, 5.41) is 0. The van der Waals surface area contributed by atoms with Gasteiger partial charge in [0, 0.05) is 45.1 Å². The molecule has 0 aromatic heterocycles. The van der Waals surface area contributed by atoms with Crippen LogP contribution >= 0.6 is 11.8 Å². The van der Waals surface area contributed by atoms with E-state index in [1.807, 2.05) is 26.1 Å². The van der Waals surface area contributed by atoms with Crippen molar-refractivity contribution in [2.45, 2.75) is 59.8 Å². The molecule has 0 aliphatic carbocycles. The summed E-state index contributed by atoms with van der Waals surface area (Å²) in [4.78, 5) is 19.4. The molecule has 186 valence electrons. The molecule has 1 fully saturated rings. The third-order valence-corrected chi connectivity index (χ3v) is 6.25. The summed E-state index contributed by atoms with van der Waals surface area (Å²) in [5.74, 6) is 1.80. The Balaban J connectivity index is 3.23. The monoisotopic (exact) mass is 475 g/mol. The van der Waals surface area contributed by atoms with Crippen molar-refractivity contribution in [3.8, 4) is 0 Å². The van der Waals surface area contributed by atoms with Gasteiger partial charge in [0.15, 0.2) is 5.76 Å². The van der Waals surface area contributed by atoms with Gasteiger partial charge in [0.25, 0.3) is 0 Å². The molecule has 5 nitrogen and oxygen atoms in total. The van der Waals surface area contributed by atoms with Gasteiger partial charge in [-0.1, -0.05) is 52.3 Å². The number of likely N-dealkylation sites (N-methyl/N-ethyl adjacent to an activating group) is 1. The molecule has 1 saturated heterocycles. The van der Waals surface area contributed by atoms with Crippen LogP contribution in [0.5, 0.6) is 0 Å². The molecule has 0 atom stereocenters. The number of rotatable bonds is 15. The van der Waals surface area contributed by atoms with Crippen molar-refractivity contribution < 1.29 is 9.53 Å². The zero-order valence-electron chi connectivity index (χ0n) is 21.7. The average molecular weight is 476 g/mol. The molecule has 33 heavy (non-hydrogen) atoms. The first-order chi connectivity index (χ1) is 15.9. The summed E-state index contributed by atoms with van der Waals surface area (Å²) in [6, 6.07) is 0. The first-order valence-corrected chi connectivity index (χ1v) is 13.5. The average Bonchev–Trinajstić information content (AvgIpc) is 2.80. The third-order valence-electron chi connectivity index (χ3n) is 5.50. The number of unbranched alkanes of at least 4 members (excludes halogenated alkanes) is 2. The van der Waals surface area contributed by atoms with Crippen molar-refractivity contribution in [1.82, 2.24) is 14.7 Å². The van der Waals surface area contributed by atoms with E-state index in [0.717, 1.165) is 73.9 Å². The number of allylic oxidation sites excluding steroid dienone is 5. The van der Waals surface area contributed by atoms with Gasteiger partial charge in [0.05, 0.1) is 11.4 Å². The van der Waals surface area contributed by atoms with Crippen molar-refractivity contribution in [2.24, 2.45) is 0 Å². The van der Waals surface area contributed by atoms with Crippen molar-refractivity contribution in [2.75, 3.05) is 46.0 Å². The summed E-state index contributed by atoms with van der Waals surface area (Å²) in [6.45, 7) is 16.7. The van der Waals surface area contributed by atoms with Crippen LogP contribution in [0.2, 0.25) is 0 Å². The number of ether oxygens (including phenoxy) is 1. The quantitative estimate of drug-likeness (QED) is 0.210. The third kappa shape index (κ3) is 11.1. The summed E-state index contributed by atoms with van der Waals surface area (Å²) in [7, 11) is 1.85. The molecular formula is C27H45N3O2S. The summed E-state index contributed by atoms with van der Waals surface area (Å²) < 4.78 is 6.37. The Hall–Kier alpha value is -2.08. The van der Waals surface area contributed by atoms with Gasteiger partial charge in [-0.2, -0.15) is 0 Å². The predicted molar refractivity (Wildman–Crippen MR) is 144 cm³/mol. The number of thioether (sulfide) groups is 1. The molecule has 1 rings (SSSR count). The maximum atomic E-state index is 12.2. The minimum absolute atomic E-state index is 0.125. The Kier molecular flexibility index (Phi) is 14.5. The fourth-order valence-electron chi connectivity index (χ4n) is 3.29. The topological polar surface area (TPSA) is 36.0 Å². The molecule has 0 unspecified atom stereocenters. The van der Waals surface area contributed by atoms with Crippen LogP contribution in [0.1, 0.15) is 59.8 Å². The van der Waals surface area contributed by atoms with Gasteiger partial charge >= 0.3 is 0 Å². The Labute approximate surface area is 206 Å². The molecule has 0 aromatic rings. The molecule has 1 aliphatic heterocycles. The Bertz CT molecular complexity index is 732. The van der Waals surface area contributed by atoms with E-state index >= 15 is 0 Å². The van der Waals surface area contributed by atoms with E-state index in [1.165, 1.54) is 0 Å². The van der Waals surface area contributed by atoms with Crippen LogP contribution < -0.4 is 0 Å². The first kappa shape index (κ1) is 29.0. The van der Waals surface area contributed by atoms with Gasteiger partial charge in [0.2, 0.25) is 5.91 Å². The number of hydrogen-bond donors (Lipinski definition) is 0. The van der Waals surface area contributed by atoms with E-state index in [9.17, 15) is 4.79 Å². The summed E-state index contributed by atoms with van der Waals surface area (Å²) >= 11 is 1.64. The Morgan fingerprint density at radius 3 is 2.39 bits per heavy atom. The molecule has 0 spiro atoms. The molecule has 0 saturated carbocycles. The van der Waals surface area contributed by atoms with Crippen molar-refractivity contribution in [3.63, 3.8) is 0 Å². The molecule has 6 heteroatoms. The molecule has 0 bridgehead atoms. The van der Waals surface area contributed by atoms with E-state index in [4.69, 9.17) is 4.74 Å². The van der Waals surface area contributed by atoms with Crippen LogP contribution in [0.3, 0.4) is 0 Å². The number of hydrogen-bond acceptors (Lipinski definition) is 5. The number of amides is 1. The second kappa shape index (κ2) is 16.5. The van der Waals surface area contributed by atoms with Crippen LogP contribution in [0, 0.1) is 0 Å². The van der Waals surface area contributed by atoms with Crippen LogP contribution in [0.25, 0.3) is 0 Å². The van der Waals surface area contributed by atoms with Crippen molar-refractivity contribution >= 4 is 17.7 Å². The number of carbonyl (C=O) groups is 1. The van der Waals surface area contributed by atoms with Crippen LogP contribution in [-0.4, -0.2) is 66.6 Å². The lowest BCUT2D eigenvalue weighted by Crippen LogP contribution is -2.47. The lowest BCUT2D eigenvalue weighted by Gasteiger charge is -2.34. The highest BCUT2D eigenvalue weighted by atomic mass is 32.2. The molecule has 0 radical (unpaired) electrons. The SMILES string of the molecule is C=C(/C=C(SC)\C(=C\N(CCCC)CCCC)O/C(C)=C/C=C\CC)N1CCN(C)C(=O)C1. The van der Waals surface area contributed by atoms with Crippen molar-refractivity contribution in [1.29, 1.82) is 0 Å². The van der Waals surface area contributed by atoms with Gasteiger partial charge in [-0.15, -0.1) is 11.8 Å². The van der Waals surface area contributed by atoms with Gasteiger partial charge < -0.3 is 19.4 Å². The highest BCUT2D eigenvalue weighted by molar-refractivity contribution is 8.02. The zero-order valence-corrected chi connectivity index (χ0v) is 22.5. The lowest BCUT2D eigenvalue weighted by atomic mass is 10.2. The maximum Gasteiger partial charge on any atom is 0.241 e. The minimum atomic E-state index is 0.125. The van der Waals surface area contributed by atoms with E-state index in [-0.39, 0.29) is 5.91 Å². The fraction of sp³-hybridized carbons (Fsp3) is 0.593. The highest BCUT2D eigenvalue weighted by Gasteiger charge is 2.22. The fourth-order valence-corrected chi connectivity index (χ4v) is 3.84.